The van der Waals surface area contributed by atoms with Crippen LogP contribution < -0.4 is 0 Å². The van der Waals surface area contributed by atoms with Crippen LogP contribution in [0.4, 0.5) is 0 Å². The molecule has 0 saturated carbocycles. The van der Waals surface area contributed by atoms with Gasteiger partial charge in [0.05, 0.1) is 10.8 Å². The van der Waals surface area contributed by atoms with Crippen LogP contribution in [0.1, 0.15) is 31.4 Å². The van der Waals surface area contributed by atoms with Crippen molar-refractivity contribution in [3.63, 3.8) is 0 Å². The number of aliphatic carboxylic acids is 1. The third kappa shape index (κ3) is 3.83. The summed E-state index contributed by atoms with van der Waals surface area (Å²) >= 11 is 0. The third-order valence-corrected chi connectivity index (χ3v) is 5.35. The summed E-state index contributed by atoms with van der Waals surface area (Å²) in [6.45, 7) is 3.58. The molecule has 1 heterocycles. The number of carbonyl (C=O) groups is 1. The Morgan fingerprint density at radius 2 is 1.76 bits per heavy atom. The van der Waals surface area contributed by atoms with Crippen molar-refractivity contribution in [3.8, 4) is 0 Å². The molecule has 1 aromatic carbocycles. The molecule has 1 aliphatic heterocycles. The smallest absolute Gasteiger partial charge is 0.306 e. The molecule has 116 valence electrons. The van der Waals surface area contributed by atoms with Gasteiger partial charge in [0.15, 0.2) is 9.84 Å². The maximum absolute atomic E-state index is 11.4. The highest BCUT2D eigenvalue weighted by atomic mass is 32.2. The van der Waals surface area contributed by atoms with Crippen LogP contribution in [0.2, 0.25) is 0 Å². The molecule has 21 heavy (non-hydrogen) atoms. The average molecular weight is 311 g/mol. The zero-order chi connectivity index (χ0) is 15.6. The van der Waals surface area contributed by atoms with Crippen molar-refractivity contribution in [3.05, 3.63) is 29.8 Å². The summed E-state index contributed by atoms with van der Waals surface area (Å²) in [7, 11) is -3.17. The fourth-order valence-corrected chi connectivity index (χ4v) is 3.37. The first-order valence-corrected chi connectivity index (χ1v) is 8.95. The lowest BCUT2D eigenvalue weighted by molar-refractivity contribution is -0.143. The molecule has 1 saturated heterocycles. The Labute approximate surface area is 125 Å². The molecule has 5 nitrogen and oxygen atoms in total. The molecule has 2 rings (SSSR count). The molecule has 0 amide bonds. The van der Waals surface area contributed by atoms with Crippen molar-refractivity contribution in [1.82, 2.24) is 4.90 Å². The van der Waals surface area contributed by atoms with E-state index >= 15 is 0 Å². The Morgan fingerprint density at radius 1 is 1.24 bits per heavy atom. The maximum atomic E-state index is 11.4. The van der Waals surface area contributed by atoms with E-state index in [1.54, 1.807) is 12.1 Å². The molecule has 1 unspecified atom stereocenters. The van der Waals surface area contributed by atoms with Crippen LogP contribution in [0.3, 0.4) is 0 Å². The Balaban J connectivity index is 2.04. The first-order valence-electron chi connectivity index (χ1n) is 7.06. The number of rotatable bonds is 4. The van der Waals surface area contributed by atoms with Crippen LogP contribution in [-0.2, 0) is 14.6 Å². The first kappa shape index (κ1) is 16.0. The van der Waals surface area contributed by atoms with Crippen molar-refractivity contribution in [2.75, 3.05) is 19.3 Å². The zero-order valence-electron chi connectivity index (χ0n) is 12.3. The number of likely N-dealkylation sites (tertiary alicyclic amines) is 1. The lowest BCUT2D eigenvalue weighted by Gasteiger charge is -2.35. The van der Waals surface area contributed by atoms with E-state index in [-0.39, 0.29) is 12.0 Å². The van der Waals surface area contributed by atoms with Gasteiger partial charge in [0.1, 0.15) is 0 Å². The highest BCUT2D eigenvalue weighted by molar-refractivity contribution is 7.90. The summed E-state index contributed by atoms with van der Waals surface area (Å²) in [5.74, 6) is -0.944. The number of carboxylic acid groups (broad SMARTS) is 1. The van der Waals surface area contributed by atoms with Crippen LogP contribution in [-0.4, -0.2) is 43.7 Å². The lowest BCUT2D eigenvalue weighted by Crippen LogP contribution is -2.37. The average Bonchev–Trinajstić information content (AvgIpc) is 2.46. The molecule has 6 heteroatoms. The van der Waals surface area contributed by atoms with Gasteiger partial charge in [0.2, 0.25) is 0 Å². The molecule has 1 aromatic rings. The van der Waals surface area contributed by atoms with Crippen molar-refractivity contribution < 1.29 is 18.3 Å². The molecule has 1 atom stereocenters. The predicted octanol–water partition coefficient (Wildman–Crippen LogP) is 1.95. The Morgan fingerprint density at radius 3 is 2.19 bits per heavy atom. The topological polar surface area (TPSA) is 74.7 Å². The number of nitrogens with zero attached hydrogens (tertiary/aromatic N) is 1. The van der Waals surface area contributed by atoms with Crippen molar-refractivity contribution in [2.45, 2.75) is 30.7 Å². The Kier molecular flexibility index (Phi) is 4.68. The van der Waals surface area contributed by atoms with Crippen LogP contribution in [0, 0.1) is 5.92 Å². The van der Waals surface area contributed by atoms with E-state index in [4.69, 9.17) is 5.11 Å². The second-order valence-electron chi connectivity index (χ2n) is 5.67. The monoisotopic (exact) mass is 311 g/mol. The van der Waals surface area contributed by atoms with Gasteiger partial charge >= 0.3 is 5.97 Å². The number of benzene rings is 1. The molecule has 0 aliphatic carbocycles. The minimum atomic E-state index is -3.17. The van der Waals surface area contributed by atoms with Gasteiger partial charge in [-0.3, -0.25) is 9.69 Å². The fourth-order valence-electron chi connectivity index (χ4n) is 2.74. The van der Waals surface area contributed by atoms with Crippen LogP contribution in [0.25, 0.3) is 0 Å². The second-order valence-corrected chi connectivity index (χ2v) is 7.68. The minimum Gasteiger partial charge on any atom is -0.481 e. The maximum Gasteiger partial charge on any atom is 0.306 e. The first-order chi connectivity index (χ1) is 9.79. The van der Waals surface area contributed by atoms with Crippen LogP contribution >= 0.6 is 0 Å². The Bertz CT molecular complexity index is 601. The summed E-state index contributed by atoms with van der Waals surface area (Å²) in [6, 6.07) is 7.10. The quantitative estimate of drug-likeness (QED) is 0.920. The highest BCUT2D eigenvalue weighted by Gasteiger charge is 2.27. The van der Waals surface area contributed by atoms with Crippen molar-refractivity contribution >= 4 is 15.8 Å². The van der Waals surface area contributed by atoms with Gasteiger partial charge in [0, 0.05) is 12.3 Å². The fraction of sp³-hybridized carbons (Fsp3) is 0.533. The SMILES string of the molecule is CC(c1ccc(S(C)(=O)=O)cc1)N1CCC(C(=O)O)CC1. The largest absolute Gasteiger partial charge is 0.481 e. The summed E-state index contributed by atoms with van der Waals surface area (Å²) in [5, 5.41) is 9.01. The van der Waals surface area contributed by atoms with Crippen LogP contribution in [0.15, 0.2) is 29.2 Å². The van der Waals surface area contributed by atoms with E-state index < -0.39 is 15.8 Å². The third-order valence-electron chi connectivity index (χ3n) is 4.22. The molecule has 1 N–H and O–H groups in total. The molecule has 0 radical (unpaired) electrons. The molecule has 0 aromatic heterocycles. The summed E-state index contributed by atoms with van der Waals surface area (Å²) < 4.78 is 22.9. The molecule has 1 aliphatic rings. The molecule has 0 bridgehead atoms. The standard InChI is InChI=1S/C15H21NO4S/c1-11(16-9-7-13(8-10-16)15(17)18)12-3-5-14(6-4-12)21(2,19)20/h3-6,11,13H,7-10H2,1-2H3,(H,17,18). The van der Waals surface area contributed by atoms with Crippen molar-refractivity contribution in [2.24, 2.45) is 5.92 Å². The Hall–Kier alpha value is -1.40. The zero-order valence-corrected chi connectivity index (χ0v) is 13.1. The van der Waals surface area contributed by atoms with E-state index in [9.17, 15) is 13.2 Å². The summed E-state index contributed by atoms with van der Waals surface area (Å²) in [4.78, 5) is 13.5. The van der Waals surface area contributed by atoms with Gasteiger partial charge in [-0.15, -0.1) is 0 Å². The van der Waals surface area contributed by atoms with Gasteiger partial charge in [-0.2, -0.15) is 0 Å². The number of carboxylic acids is 1. The van der Waals surface area contributed by atoms with Crippen LogP contribution in [0.5, 0.6) is 0 Å². The van der Waals surface area contributed by atoms with Gasteiger partial charge in [-0.1, -0.05) is 12.1 Å². The highest BCUT2D eigenvalue weighted by Crippen LogP contribution is 2.27. The molecular weight excluding hydrogens is 290 g/mol. The summed E-state index contributed by atoms with van der Waals surface area (Å²) in [5.41, 5.74) is 1.05. The normalized spacial score (nSPS) is 19.3. The number of hydrogen-bond acceptors (Lipinski definition) is 4. The lowest BCUT2D eigenvalue weighted by atomic mass is 9.95. The minimum absolute atomic E-state index is 0.161. The number of hydrogen-bond donors (Lipinski definition) is 1. The van der Waals surface area contributed by atoms with Gasteiger partial charge in [-0.05, 0) is 50.6 Å². The van der Waals surface area contributed by atoms with Crippen molar-refractivity contribution in [1.29, 1.82) is 0 Å². The van der Waals surface area contributed by atoms with Gasteiger partial charge < -0.3 is 5.11 Å². The van der Waals surface area contributed by atoms with E-state index in [1.165, 1.54) is 6.26 Å². The second kappa shape index (κ2) is 6.15. The molecule has 0 spiro atoms. The van der Waals surface area contributed by atoms with Gasteiger partial charge in [0.25, 0.3) is 0 Å². The van der Waals surface area contributed by atoms with E-state index in [0.717, 1.165) is 18.7 Å². The number of sulfone groups is 1. The number of piperidine rings is 1. The van der Waals surface area contributed by atoms with E-state index in [2.05, 4.69) is 11.8 Å². The predicted molar refractivity (Wildman–Crippen MR) is 79.9 cm³/mol. The molecule has 1 fully saturated rings. The molecular formula is C15H21NO4S. The van der Waals surface area contributed by atoms with E-state index in [0.29, 0.717) is 17.7 Å². The summed E-state index contributed by atoms with van der Waals surface area (Å²) in [6.07, 6.45) is 2.53. The van der Waals surface area contributed by atoms with E-state index in [1.807, 2.05) is 12.1 Å². The van der Waals surface area contributed by atoms with Gasteiger partial charge in [-0.25, -0.2) is 8.42 Å².